The first kappa shape index (κ1) is 26.7. The fraction of sp³-hybridized carbons (Fsp3) is 0.414. The van der Waals surface area contributed by atoms with Gasteiger partial charge in [-0.25, -0.2) is 0 Å². The second-order valence-corrected chi connectivity index (χ2v) is 14.0. The minimum atomic E-state index is -2.52. The first-order valence-electron chi connectivity index (χ1n) is 12.6. The number of aromatic nitrogens is 1. The minimum Gasteiger partial charge on any atom is -0.481 e. The lowest BCUT2D eigenvalue weighted by atomic mass is 9.71. The molecule has 0 amide bonds. The van der Waals surface area contributed by atoms with Gasteiger partial charge in [0.25, 0.3) is 0 Å². The Morgan fingerprint density at radius 3 is 2.26 bits per heavy atom. The molecule has 1 aliphatic carbocycles. The van der Waals surface area contributed by atoms with E-state index in [1.165, 1.54) is 14.2 Å². The maximum absolute atomic E-state index is 12.9. The maximum atomic E-state index is 12.9. The van der Waals surface area contributed by atoms with Crippen molar-refractivity contribution in [1.82, 2.24) is 9.88 Å². The summed E-state index contributed by atoms with van der Waals surface area (Å²) in [4.78, 5) is 6.43. The highest BCUT2D eigenvalue weighted by molar-refractivity contribution is 7.70. The molecule has 202 valence electrons. The third kappa shape index (κ3) is 3.77. The van der Waals surface area contributed by atoms with Gasteiger partial charge < -0.3 is 33.9 Å². The van der Waals surface area contributed by atoms with Crippen LogP contribution in [0, 0.1) is 5.92 Å². The molecule has 3 aromatic rings. The average molecular weight is 539 g/mol. The molecule has 8 nitrogen and oxygen atoms in total. The van der Waals surface area contributed by atoms with Crippen LogP contribution >= 0.6 is 7.14 Å². The lowest BCUT2D eigenvalue weighted by Gasteiger charge is -2.41. The molecule has 2 aromatic carbocycles. The van der Waals surface area contributed by atoms with E-state index in [0.717, 1.165) is 10.9 Å². The summed E-state index contributed by atoms with van der Waals surface area (Å²) >= 11 is 0. The molecule has 2 aliphatic rings. The van der Waals surface area contributed by atoms with Crippen LogP contribution in [-0.4, -0.2) is 74.4 Å². The Morgan fingerprint density at radius 1 is 1.05 bits per heavy atom. The zero-order chi connectivity index (χ0) is 27.5. The van der Waals surface area contributed by atoms with Gasteiger partial charge in [-0.05, 0) is 38.6 Å². The van der Waals surface area contributed by atoms with Crippen molar-refractivity contribution in [3.8, 4) is 17.5 Å². The van der Waals surface area contributed by atoms with Gasteiger partial charge in [0.05, 0.1) is 25.9 Å². The van der Waals surface area contributed by atoms with Crippen molar-refractivity contribution in [2.75, 3.05) is 48.2 Å². The van der Waals surface area contributed by atoms with Crippen LogP contribution in [-0.2, 0) is 15.8 Å². The third-order valence-corrected chi connectivity index (χ3v) is 9.44. The molecule has 2 N–H and O–H groups in total. The third-order valence-electron chi connectivity index (χ3n) is 7.90. The van der Waals surface area contributed by atoms with Crippen LogP contribution in [0.5, 0.6) is 17.5 Å². The van der Waals surface area contributed by atoms with Crippen LogP contribution in [0.4, 0.5) is 0 Å². The van der Waals surface area contributed by atoms with Crippen molar-refractivity contribution < 1.29 is 29.0 Å². The Hall–Kier alpha value is -2.90. The second-order valence-electron chi connectivity index (χ2n) is 10.8. The number of rotatable bonds is 7. The molecular weight excluding hydrogens is 503 g/mol. The predicted octanol–water partition coefficient (Wildman–Crippen LogP) is 3.16. The molecule has 1 fully saturated rings. The molecule has 2 heterocycles. The van der Waals surface area contributed by atoms with Crippen molar-refractivity contribution in [3.05, 3.63) is 77.4 Å². The lowest BCUT2D eigenvalue weighted by molar-refractivity contribution is -0.152. The number of methoxy groups -OCH3 is 2. The van der Waals surface area contributed by atoms with E-state index >= 15 is 0 Å². The van der Waals surface area contributed by atoms with Crippen molar-refractivity contribution >= 4 is 12.4 Å². The average Bonchev–Trinajstić information content (AvgIpc) is 3.26. The van der Waals surface area contributed by atoms with Crippen molar-refractivity contribution in [2.45, 2.75) is 23.2 Å². The van der Waals surface area contributed by atoms with Crippen molar-refractivity contribution in [2.24, 2.45) is 5.92 Å². The van der Waals surface area contributed by atoms with E-state index in [0.29, 0.717) is 17.9 Å². The Morgan fingerprint density at radius 2 is 1.71 bits per heavy atom. The van der Waals surface area contributed by atoms with Crippen LogP contribution in [0.15, 0.2) is 60.7 Å². The smallest absolute Gasteiger partial charge is 0.226 e. The van der Waals surface area contributed by atoms with Crippen LogP contribution in [0.25, 0.3) is 0 Å². The molecule has 0 spiro atoms. The number of ether oxygens (including phenoxy) is 3. The van der Waals surface area contributed by atoms with E-state index in [9.17, 15) is 14.8 Å². The molecule has 5 rings (SSSR count). The standard InChI is InChI=1S/C29H35N2O6P/c1-31(2)17-21-24(18-10-8-7-9-11-18)29(19-12-14-20(15-13-19)38(5,6)34)28(33,26(21)32)25-22(37-29)16-23(35-3)30-27(25)36-4/h7-16,21,24,26,32-33H,17H2,1-6H3/t21-,24-,26-,28+,29+/m1/s1. The zero-order valence-electron chi connectivity index (χ0n) is 22.6. The van der Waals surface area contributed by atoms with Gasteiger partial charge in [0, 0.05) is 29.8 Å². The first-order chi connectivity index (χ1) is 18.0. The number of nitrogens with zero attached hydrogens (tertiary/aromatic N) is 2. The largest absolute Gasteiger partial charge is 0.481 e. The number of pyridine rings is 1. The summed E-state index contributed by atoms with van der Waals surface area (Å²) in [5.41, 5.74) is -1.50. The number of aliphatic hydroxyl groups excluding tert-OH is 1. The molecular formula is C29H35N2O6P. The van der Waals surface area contributed by atoms with Gasteiger partial charge in [0.15, 0.2) is 11.2 Å². The van der Waals surface area contributed by atoms with Crippen LogP contribution in [0.1, 0.15) is 22.6 Å². The van der Waals surface area contributed by atoms with Gasteiger partial charge in [-0.2, -0.15) is 4.98 Å². The maximum Gasteiger partial charge on any atom is 0.226 e. The van der Waals surface area contributed by atoms with Crippen molar-refractivity contribution in [1.29, 1.82) is 0 Å². The zero-order valence-corrected chi connectivity index (χ0v) is 23.5. The molecule has 1 aromatic heterocycles. The summed E-state index contributed by atoms with van der Waals surface area (Å²) in [7, 11) is 4.32. The number of hydrogen-bond donors (Lipinski definition) is 2. The van der Waals surface area contributed by atoms with E-state index in [1.54, 1.807) is 19.4 Å². The molecule has 9 heteroatoms. The topological polar surface area (TPSA) is 101 Å². The Balaban J connectivity index is 1.85. The quantitative estimate of drug-likeness (QED) is 0.443. The molecule has 1 saturated carbocycles. The van der Waals surface area contributed by atoms with Gasteiger partial charge in [-0.15, -0.1) is 0 Å². The fourth-order valence-electron chi connectivity index (χ4n) is 6.36. The summed E-state index contributed by atoms with van der Waals surface area (Å²) in [6.07, 6.45) is -1.23. The van der Waals surface area contributed by atoms with Crippen molar-refractivity contribution in [3.63, 3.8) is 0 Å². The molecule has 38 heavy (non-hydrogen) atoms. The summed E-state index contributed by atoms with van der Waals surface area (Å²) in [6.45, 7) is 3.94. The Kier molecular flexibility index (Phi) is 6.59. The summed E-state index contributed by atoms with van der Waals surface area (Å²) < 4.78 is 30.7. The highest BCUT2D eigenvalue weighted by Crippen LogP contribution is 2.69. The monoisotopic (exact) mass is 538 g/mol. The molecule has 0 unspecified atom stereocenters. The number of hydrogen-bond acceptors (Lipinski definition) is 8. The highest BCUT2D eigenvalue weighted by atomic mass is 31.2. The number of benzene rings is 2. The molecule has 5 atom stereocenters. The molecule has 0 bridgehead atoms. The molecule has 0 saturated heterocycles. The van der Waals surface area contributed by atoms with Crippen LogP contribution in [0.2, 0.25) is 0 Å². The fourth-order valence-corrected chi connectivity index (χ4v) is 7.22. The second kappa shape index (κ2) is 9.38. The summed E-state index contributed by atoms with van der Waals surface area (Å²) in [6, 6.07) is 18.8. The summed E-state index contributed by atoms with van der Waals surface area (Å²) in [5.74, 6) is -0.151. The van der Waals surface area contributed by atoms with E-state index in [-0.39, 0.29) is 17.3 Å². The SMILES string of the molecule is COc1cc2c(c(OC)n1)[C@]1(O)[C@H](O)[C@H](CN(C)C)[C@@H](c3ccccc3)[C@]1(c1ccc(P(C)(C)=O)cc1)O2. The number of fused-ring (bicyclic) bond motifs is 3. The highest BCUT2D eigenvalue weighted by Gasteiger charge is 2.77. The van der Waals surface area contributed by atoms with Gasteiger partial charge in [0.2, 0.25) is 11.8 Å². The van der Waals surface area contributed by atoms with E-state index in [1.807, 2.05) is 73.6 Å². The molecule has 1 aliphatic heterocycles. The minimum absolute atomic E-state index is 0.128. The van der Waals surface area contributed by atoms with E-state index in [4.69, 9.17) is 14.2 Å². The van der Waals surface area contributed by atoms with Gasteiger partial charge in [0.1, 0.15) is 12.9 Å². The number of aliphatic hydroxyl groups is 2. The van der Waals surface area contributed by atoms with E-state index < -0.39 is 36.3 Å². The lowest BCUT2D eigenvalue weighted by Crippen LogP contribution is -2.52. The van der Waals surface area contributed by atoms with Gasteiger partial charge in [-0.3, -0.25) is 0 Å². The van der Waals surface area contributed by atoms with Crippen LogP contribution < -0.4 is 19.5 Å². The van der Waals surface area contributed by atoms with E-state index in [2.05, 4.69) is 4.98 Å². The molecule has 0 radical (unpaired) electrons. The summed E-state index contributed by atoms with van der Waals surface area (Å²) in [5, 5.41) is 25.7. The Bertz CT molecular complexity index is 1380. The normalized spacial score (nSPS) is 28.1. The first-order valence-corrected chi connectivity index (χ1v) is 15.2. The Labute approximate surface area is 223 Å². The van der Waals surface area contributed by atoms with Gasteiger partial charge >= 0.3 is 0 Å². The van der Waals surface area contributed by atoms with Gasteiger partial charge in [-0.1, -0.05) is 54.6 Å². The predicted molar refractivity (Wildman–Crippen MR) is 146 cm³/mol. The van der Waals surface area contributed by atoms with Crippen LogP contribution in [0.3, 0.4) is 0 Å².